The number of halogens is 1. The van der Waals surface area contributed by atoms with Gasteiger partial charge in [0.05, 0.1) is 15.5 Å². The molecule has 0 aliphatic carbocycles. The third kappa shape index (κ3) is 4.80. The van der Waals surface area contributed by atoms with Crippen LogP contribution in [0.2, 0.25) is 5.02 Å². The third-order valence-corrected chi connectivity index (χ3v) is 5.50. The summed E-state index contributed by atoms with van der Waals surface area (Å²) in [5.74, 6) is 0.267. The van der Waals surface area contributed by atoms with Crippen molar-refractivity contribution in [1.29, 1.82) is 0 Å². The first-order valence-electron chi connectivity index (χ1n) is 7.82. The van der Waals surface area contributed by atoms with Gasteiger partial charge in [-0.25, -0.2) is 17.5 Å². The molecule has 0 aliphatic heterocycles. The third-order valence-electron chi connectivity index (χ3n) is 3.36. The van der Waals surface area contributed by atoms with Gasteiger partial charge in [-0.05, 0) is 24.1 Å². The summed E-state index contributed by atoms with van der Waals surface area (Å²) in [7, 11) is -0.909. The Bertz CT molecular complexity index is 893. The summed E-state index contributed by atoms with van der Waals surface area (Å²) in [4.78, 5) is 16.3. The number of aromatic nitrogens is 2. The number of ether oxygens (including phenoxy) is 1. The smallest absolute Gasteiger partial charge is 0.340 e. The van der Waals surface area contributed by atoms with Crippen LogP contribution in [0, 0.1) is 5.92 Å². The van der Waals surface area contributed by atoms with Gasteiger partial charge in [0.25, 0.3) is 5.89 Å². The summed E-state index contributed by atoms with van der Waals surface area (Å²) >= 11 is 6.00. The fraction of sp³-hybridized carbons (Fsp3) is 0.438. The lowest BCUT2D eigenvalue weighted by atomic mass is 10.1. The van der Waals surface area contributed by atoms with Gasteiger partial charge in [0.1, 0.15) is 0 Å². The highest BCUT2D eigenvalue weighted by molar-refractivity contribution is 7.89. The first-order chi connectivity index (χ1) is 12.1. The predicted molar refractivity (Wildman–Crippen MR) is 94.3 cm³/mol. The average molecular weight is 402 g/mol. The van der Waals surface area contributed by atoms with Crippen LogP contribution in [0.4, 0.5) is 0 Å². The molecule has 2 aromatic rings. The number of hydrogen-bond acceptors (Lipinski definition) is 7. The molecule has 0 saturated heterocycles. The number of carbonyl (C=O) groups excluding carboxylic acids is 1. The Morgan fingerprint density at radius 1 is 1.35 bits per heavy atom. The zero-order valence-electron chi connectivity index (χ0n) is 14.9. The Morgan fingerprint density at radius 2 is 2.04 bits per heavy atom. The number of esters is 1. The molecule has 0 spiro atoms. The second-order valence-corrected chi connectivity index (χ2v) is 8.77. The zero-order valence-corrected chi connectivity index (χ0v) is 16.5. The van der Waals surface area contributed by atoms with Crippen molar-refractivity contribution < 1.29 is 22.5 Å². The number of rotatable bonds is 7. The molecule has 0 fully saturated rings. The van der Waals surface area contributed by atoms with Gasteiger partial charge in [-0.15, -0.1) is 0 Å². The van der Waals surface area contributed by atoms with Crippen LogP contribution in [-0.4, -0.2) is 42.9 Å². The van der Waals surface area contributed by atoms with Crippen LogP contribution in [0.5, 0.6) is 0 Å². The fourth-order valence-electron chi connectivity index (χ4n) is 2.03. The normalized spacial score (nSPS) is 12.0. The van der Waals surface area contributed by atoms with Crippen LogP contribution in [0.1, 0.15) is 35.9 Å². The number of nitrogens with zero attached hydrogens (tertiary/aromatic N) is 3. The zero-order chi connectivity index (χ0) is 19.5. The highest BCUT2D eigenvalue weighted by Gasteiger charge is 2.22. The molecule has 1 aromatic heterocycles. The molecule has 0 amide bonds. The van der Waals surface area contributed by atoms with E-state index in [1.54, 1.807) is 0 Å². The molecule has 0 unspecified atom stereocenters. The Kier molecular flexibility index (Phi) is 6.38. The van der Waals surface area contributed by atoms with Gasteiger partial charge in [-0.1, -0.05) is 30.6 Å². The molecule has 0 aliphatic rings. The van der Waals surface area contributed by atoms with E-state index in [1.165, 1.54) is 32.3 Å². The van der Waals surface area contributed by atoms with Crippen LogP contribution in [0.15, 0.2) is 27.6 Å². The van der Waals surface area contributed by atoms with E-state index in [9.17, 15) is 13.2 Å². The SMILES string of the molecule is CC(C)Cc1noc(COC(=O)c2cc(S(=O)(=O)N(C)C)ccc2Cl)n1. The second-order valence-electron chi connectivity index (χ2n) is 6.21. The van der Waals surface area contributed by atoms with E-state index < -0.39 is 16.0 Å². The van der Waals surface area contributed by atoms with E-state index in [2.05, 4.69) is 10.1 Å². The topological polar surface area (TPSA) is 103 Å². The van der Waals surface area contributed by atoms with Gasteiger partial charge in [0, 0.05) is 20.5 Å². The van der Waals surface area contributed by atoms with Crippen molar-refractivity contribution >= 4 is 27.6 Å². The van der Waals surface area contributed by atoms with Crippen molar-refractivity contribution in [1.82, 2.24) is 14.4 Å². The Morgan fingerprint density at radius 3 is 2.65 bits per heavy atom. The van der Waals surface area contributed by atoms with E-state index in [4.69, 9.17) is 20.9 Å². The largest absolute Gasteiger partial charge is 0.452 e. The van der Waals surface area contributed by atoms with Crippen molar-refractivity contribution in [2.24, 2.45) is 5.92 Å². The Hall–Kier alpha value is -1.97. The molecule has 1 heterocycles. The van der Waals surface area contributed by atoms with Gasteiger partial charge in [0.15, 0.2) is 12.4 Å². The standard InChI is InChI=1S/C16H20ClN3O5S/c1-10(2)7-14-18-15(25-19-14)9-24-16(21)12-8-11(5-6-13(12)17)26(22,23)20(3)4/h5-6,8,10H,7,9H2,1-4H3. The van der Waals surface area contributed by atoms with Crippen molar-refractivity contribution in [3.63, 3.8) is 0 Å². The molecule has 10 heteroatoms. The van der Waals surface area contributed by atoms with Crippen molar-refractivity contribution in [2.45, 2.75) is 31.8 Å². The van der Waals surface area contributed by atoms with Gasteiger partial charge in [-0.3, -0.25) is 0 Å². The Labute approximate surface area is 157 Å². The van der Waals surface area contributed by atoms with E-state index >= 15 is 0 Å². The lowest BCUT2D eigenvalue weighted by Crippen LogP contribution is -2.22. The molecule has 0 saturated carbocycles. The fourth-order valence-corrected chi connectivity index (χ4v) is 3.16. The molecule has 0 atom stereocenters. The van der Waals surface area contributed by atoms with E-state index in [0.29, 0.717) is 18.2 Å². The lowest BCUT2D eigenvalue weighted by Gasteiger charge is -2.12. The quantitative estimate of drug-likeness (QED) is 0.656. The van der Waals surface area contributed by atoms with Gasteiger partial charge in [0.2, 0.25) is 10.0 Å². The van der Waals surface area contributed by atoms with E-state index in [1.807, 2.05) is 13.8 Å². The number of benzene rings is 1. The summed E-state index contributed by atoms with van der Waals surface area (Å²) in [6, 6.07) is 3.84. The maximum atomic E-state index is 12.3. The average Bonchev–Trinajstić information content (AvgIpc) is 2.99. The summed E-state index contributed by atoms with van der Waals surface area (Å²) in [5, 5.41) is 3.88. The van der Waals surface area contributed by atoms with Crippen molar-refractivity contribution in [3.05, 3.63) is 40.5 Å². The summed E-state index contributed by atoms with van der Waals surface area (Å²) in [6.45, 7) is 3.81. The molecule has 0 radical (unpaired) electrons. The molecule has 0 bridgehead atoms. The highest BCUT2D eigenvalue weighted by Crippen LogP contribution is 2.23. The van der Waals surface area contributed by atoms with E-state index in [0.717, 1.165) is 4.31 Å². The molecule has 26 heavy (non-hydrogen) atoms. The molecule has 0 N–H and O–H groups in total. The van der Waals surface area contributed by atoms with Crippen LogP contribution in [0.25, 0.3) is 0 Å². The maximum absolute atomic E-state index is 12.3. The van der Waals surface area contributed by atoms with E-state index in [-0.39, 0.29) is 28.0 Å². The molecule has 142 valence electrons. The molecular formula is C16H20ClN3O5S. The van der Waals surface area contributed by atoms with Crippen LogP contribution in [0.3, 0.4) is 0 Å². The second kappa shape index (κ2) is 8.15. The van der Waals surface area contributed by atoms with Crippen LogP contribution in [-0.2, 0) is 27.8 Å². The number of hydrogen-bond donors (Lipinski definition) is 0. The van der Waals surface area contributed by atoms with Crippen LogP contribution >= 0.6 is 11.6 Å². The van der Waals surface area contributed by atoms with Crippen molar-refractivity contribution in [3.8, 4) is 0 Å². The van der Waals surface area contributed by atoms with Gasteiger partial charge < -0.3 is 9.26 Å². The first-order valence-corrected chi connectivity index (χ1v) is 9.63. The number of carbonyl (C=O) groups is 1. The number of sulfonamides is 1. The molecule has 1 aromatic carbocycles. The van der Waals surface area contributed by atoms with Gasteiger partial charge >= 0.3 is 5.97 Å². The minimum absolute atomic E-state index is 0.0588. The maximum Gasteiger partial charge on any atom is 0.340 e. The van der Waals surface area contributed by atoms with Gasteiger partial charge in [-0.2, -0.15) is 4.98 Å². The molecule has 8 nitrogen and oxygen atoms in total. The predicted octanol–water partition coefficient (Wildman–Crippen LogP) is 2.53. The highest BCUT2D eigenvalue weighted by atomic mass is 35.5. The van der Waals surface area contributed by atoms with Crippen LogP contribution < -0.4 is 0 Å². The monoisotopic (exact) mass is 401 g/mol. The minimum atomic E-state index is -3.70. The lowest BCUT2D eigenvalue weighted by molar-refractivity contribution is 0.0429. The summed E-state index contributed by atoms with van der Waals surface area (Å²) in [5.41, 5.74) is -0.0588. The summed E-state index contributed by atoms with van der Waals surface area (Å²) < 4.78 is 35.5. The first kappa shape index (κ1) is 20.3. The summed E-state index contributed by atoms with van der Waals surface area (Å²) in [6.07, 6.45) is 0.647. The minimum Gasteiger partial charge on any atom is -0.452 e. The Balaban J connectivity index is 2.13. The van der Waals surface area contributed by atoms with Crippen molar-refractivity contribution in [2.75, 3.05) is 14.1 Å². The molecule has 2 rings (SSSR count). The molecular weight excluding hydrogens is 382 g/mol.